The quantitative estimate of drug-likeness (QED) is 0.553. The molecule has 2 heterocycles. The third-order valence-electron chi connectivity index (χ3n) is 4.14. The van der Waals surface area contributed by atoms with E-state index < -0.39 is 10.0 Å². The number of nitrogens with zero attached hydrogens (tertiary/aromatic N) is 2. The largest absolute Gasteiger partial charge is 0.353 e. The van der Waals surface area contributed by atoms with Crippen molar-refractivity contribution in [1.82, 2.24) is 9.97 Å². The average Bonchev–Trinajstić information content (AvgIpc) is 2.79. The standard InChI is InChI=1S/C20H16N4O3S/c1-28(26,27)24-14-6-4-13-5-7-19-18(20(25)17(13)9-14)10-16(12-22-19)23-15-3-2-8-21-11-15/h2-12,23-24H,1H3. The molecule has 0 fully saturated rings. The molecular formula is C20H16N4O3S. The molecule has 0 bridgehead atoms. The fraction of sp³-hybridized carbons (Fsp3) is 0.0500. The second-order valence-corrected chi connectivity index (χ2v) is 8.11. The Kier molecular flexibility index (Phi) is 4.40. The molecule has 0 aliphatic rings. The number of benzene rings is 1. The maximum atomic E-state index is 13.2. The number of pyridine rings is 2. The SMILES string of the molecule is CS(=O)(=O)Nc1ccc2ccc3ncc(Nc4cccnc4)cc3c(=O)c2c1. The Morgan fingerprint density at radius 3 is 2.43 bits per heavy atom. The van der Waals surface area contributed by atoms with Gasteiger partial charge in [-0.2, -0.15) is 0 Å². The van der Waals surface area contributed by atoms with Gasteiger partial charge in [-0.25, -0.2) is 8.42 Å². The van der Waals surface area contributed by atoms with Crippen LogP contribution >= 0.6 is 0 Å². The van der Waals surface area contributed by atoms with E-state index in [0.29, 0.717) is 33.1 Å². The van der Waals surface area contributed by atoms with Crippen LogP contribution in [0.4, 0.5) is 17.1 Å². The number of aromatic nitrogens is 2. The third kappa shape index (κ3) is 3.77. The van der Waals surface area contributed by atoms with Gasteiger partial charge in [0, 0.05) is 17.3 Å². The molecular weight excluding hydrogens is 376 g/mol. The number of hydrogen-bond donors (Lipinski definition) is 2. The first-order chi connectivity index (χ1) is 13.4. The molecule has 0 spiro atoms. The van der Waals surface area contributed by atoms with Gasteiger partial charge in [-0.3, -0.25) is 19.5 Å². The zero-order valence-electron chi connectivity index (χ0n) is 14.9. The molecule has 4 rings (SSSR count). The van der Waals surface area contributed by atoms with E-state index in [1.807, 2.05) is 6.07 Å². The fourth-order valence-corrected chi connectivity index (χ4v) is 3.51. The molecule has 28 heavy (non-hydrogen) atoms. The Hall–Kier alpha value is -3.52. The molecule has 2 aromatic heterocycles. The summed E-state index contributed by atoms with van der Waals surface area (Å²) in [5.41, 5.74) is 2.09. The summed E-state index contributed by atoms with van der Waals surface area (Å²) in [6.45, 7) is 0. The van der Waals surface area contributed by atoms with E-state index in [2.05, 4.69) is 20.0 Å². The van der Waals surface area contributed by atoms with Gasteiger partial charge in [0.2, 0.25) is 10.0 Å². The van der Waals surface area contributed by atoms with Crippen molar-refractivity contribution in [3.05, 3.63) is 77.3 Å². The van der Waals surface area contributed by atoms with Crippen molar-refractivity contribution >= 4 is 48.8 Å². The van der Waals surface area contributed by atoms with Gasteiger partial charge in [-0.15, -0.1) is 0 Å². The van der Waals surface area contributed by atoms with Gasteiger partial charge in [0.1, 0.15) is 0 Å². The summed E-state index contributed by atoms with van der Waals surface area (Å²) in [6.07, 6.45) is 6.06. The molecule has 0 aliphatic heterocycles. The van der Waals surface area contributed by atoms with Crippen molar-refractivity contribution in [2.24, 2.45) is 0 Å². The van der Waals surface area contributed by atoms with Gasteiger partial charge >= 0.3 is 0 Å². The molecule has 0 saturated carbocycles. The molecule has 0 saturated heterocycles. The van der Waals surface area contributed by atoms with E-state index in [9.17, 15) is 13.2 Å². The van der Waals surface area contributed by atoms with Crippen molar-refractivity contribution in [3.8, 4) is 0 Å². The molecule has 2 aromatic carbocycles. The molecule has 7 nitrogen and oxygen atoms in total. The van der Waals surface area contributed by atoms with Gasteiger partial charge in [0.05, 0.1) is 40.9 Å². The van der Waals surface area contributed by atoms with Crippen LogP contribution in [0.15, 0.2) is 71.9 Å². The first kappa shape index (κ1) is 17.9. The van der Waals surface area contributed by atoms with E-state index >= 15 is 0 Å². The summed E-state index contributed by atoms with van der Waals surface area (Å²) in [6, 6.07) is 13.8. The van der Waals surface area contributed by atoms with Crippen LogP contribution in [0, 0.1) is 0 Å². The van der Waals surface area contributed by atoms with Crippen LogP contribution in [0.25, 0.3) is 21.7 Å². The van der Waals surface area contributed by atoms with E-state index in [4.69, 9.17) is 0 Å². The van der Waals surface area contributed by atoms with Gasteiger partial charge in [0.25, 0.3) is 0 Å². The predicted molar refractivity (Wildman–Crippen MR) is 112 cm³/mol. The lowest BCUT2D eigenvalue weighted by molar-refractivity contribution is 0.607. The van der Waals surface area contributed by atoms with Crippen LogP contribution in [0.3, 0.4) is 0 Å². The molecule has 0 radical (unpaired) electrons. The lowest BCUT2D eigenvalue weighted by Gasteiger charge is -2.05. The summed E-state index contributed by atoms with van der Waals surface area (Å²) in [7, 11) is -3.44. The number of sulfonamides is 1. The van der Waals surface area contributed by atoms with Crippen LogP contribution in [-0.2, 0) is 10.0 Å². The Bertz CT molecular complexity index is 1360. The summed E-state index contributed by atoms with van der Waals surface area (Å²) in [5.74, 6) is 0. The Morgan fingerprint density at radius 2 is 1.68 bits per heavy atom. The highest BCUT2D eigenvalue weighted by atomic mass is 32.2. The minimum absolute atomic E-state index is 0.227. The average molecular weight is 392 g/mol. The van der Waals surface area contributed by atoms with Crippen molar-refractivity contribution in [2.75, 3.05) is 16.3 Å². The first-order valence-electron chi connectivity index (χ1n) is 8.41. The Labute approximate surface area is 161 Å². The number of hydrogen-bond acceptors (Lipinski definition) is 6. The molecule has 0 aliphatic carbocycles. The van der Waals surface area contributed by atoms with E-state index in [1.54, 1.807) is 61.1 Å². The maximum absolute atomic E-state index is 13.2. The highest BCUT2D eigenvalue weighted by molar-refractivity contribution is 7.92. The minimum atomic E-state index is -3.44. The zero-order chi connectivity index (χ0) is 19.7. The molecule has 0 amide bonds. The van der Waals surface area contributed by atoms with Crippen molar-refractivity contribution in [3.63, 3.8) is 0 Å². The predicted octanol–water partition coefficient (Wildman–Crippen LogP) is 3.26. The zero-order valence-corrected chi connectivity index (χ0v) is 15.7. The van der Waals surface area contributed by atoms with Crippen LogP contribution in [-0.4, -0.2) is 24.6 Å². The van der Waals surface area contributed by atoms with Gasteiger partial charge in [-0.1, -0.05) is 12.1 Å². The van der Waals surface area contributed by atoms with Crippen molar-refractivity contribution in [1.29, 1.82) is 0 Å². The van der Waals surface area contributed by atoms with Crippen molar-refractivity contribution in [2.45, 2.75) is 0 Å². The number of anilines is 3. The monoisotopic (exact) mass is 392 g/mol. The normalized spacial score (nSPS) is 11.5. The summed E-state index contributed by atoms with van der Waals surface area (Å²) >= 11 is 0. The topological polar surface area (TPSA) is 101 Å². The molecule has 2 N–H and O–H groups in total. The first-order valence-corrected chi connectivity index (χ1v) is 10.3. The second-order valence-electron chi connectivity index (χ2n) is 6.36. The number of fused-ring (bicyclic) bond motifs is 2. The highest BCUT2D eigenvalue weighted by Crippen LogP contribution is 2.22. The van der Waals surface area contributed by atoms with E-state index in [-0.39, 0.29) is 5.43 Å². The van der Waals surface area contributed by atoms with Crippen LogP contribution in [0.1, 0.15) is 0 Å². The molecule has 4 aromatic rings. The van der Waals surface area contributed by atoms with Crippen LogP contribution < -0.4 is 15.5 Å². The van der Waals surface area contributed by atoms with E-state index in [1.165, 1.54) is 0 Å². The van der Waals surface area contributed by atoms with E-state index in [0.717, 1.165) is 11.9 Å². The second kappa shape index (κ2) is 6.90. The lowest BCUT2D eigenvalue weighted by atomic mass is 10.1. The molecule has 8 heteroatoms. The van der Waals surface area contributed by atoms with Gasteiger partial charge in [0.15, 0.2) is 5.43 Å². The highest BCUT2D eigenvalue weighted by Gasteiger charge is 2.08. The van der Waals surface area contributed by atoms with Crippen LogP contribution in [0.2, 0.25) is 0 Å². The Balaban J connectivity index is 1.88. The number of nitrogens with one attached hydrogen (secondary N) is 2. The molecule has 0 atom stereocenters. The third-order valence-corrected chi connectivity index (χ3v) is 4.74. The smallest absolute Gasteiger partial charge is 0.229 e. The van der Waals surface area contributed by atoms with Crippen molar-refractivity contribution < 1.29 is 8.42 Å². The molecule has 140 valence electrons. The van der Waals surface area contributed by atoms with Gasteiger partial charge < -0.3 is 5.32 Å². The lowest BCUT2D eigenvalue weighted by Crippen LogP contribution is -2.10. The minimum Gasteiger partial charge on any atom is -0.353 e. The summed E-state index contributed by atoms with van der Waals surface area (Å²) in [4.78, 5) is 21.6. The Morgan fingerprint density at radius 1 is 0.893 bits per heavy atom. The maximum Gasteiger partial charge on any atom is 0.229 e. The van der Waals surface area contributed by atoms with Gasteiger partial charge in [-0.05, 0) is 41.8 Å². The van der Waals surface area contributed by atoms with Crippen LogP contribution in [0.5, 0.6) is 0 Å². The fourth-order valence-electron chi connectivity index (χ4n) is 2.95. The number of rotatable bonds is 4. The molecule has 0 unspecified atom stereocenters. The summed E-state index contributed by atoms with van der Waals surface area (Å²) in [5, 5.41) is 4.70. The summed E-state index contributed by atoms with van der Waals surface area (Å²) < 4.78 is 25.4.